The normalized spacial score (nSPS) is 25.4. The Bertz CT molecular complexity index is 140. The van der Waals surface area contributed by atoms with Gasteiger partial charge >= 0.3 is 0 Å². The van der Waals surface area contributed by atoms with Crippen LogP contribution in [0.4, 0.5) is 0 Å². The molecule has 1 aliphatic carbocycles. The van der Waals surface area contributed by atoms with E-state index in [1.54, 1.807) is 0 Å². The molecule has 1 unspecified atom stereocenters. The van der Waals surface area contributed by atoms with Crippen molar-refractivity contribution in [2.45, 2.75) is 12.0 Å². The van der Waals surface area contributed by atoms with Gasteiger partial charge in [-0.15, -0.1) is 22.2 Å². The zero-order valence-electron chi connectivity index (χ0n) is 4.93. The van der Waals surface area contributed by atoms with Gasteiger partial charge < -0.3 is 0 Å². The highest BCUT2D eigenvalue weighted by Gasteiger charge is 2.15. The van der Waals surface area contributed by atoms with Crippen LogP contribution in [0.1, 0.15) is 6.42 Å². The maximum absolute atomic E-state index is 5.78. The number of hydrogen-bond acceptors (Lipinski definition) is 0. The van der Waals surface area contributed by atoms with E-state index in [9.17, 15) is 0 Å². The average Bonchev–Trinajstić information content (AvgIpc) is 1.90. The van der Waals surface area contributed by atoms with Crippen LogP contribution in [0.15, 0.2) is 24.3 Å². The fourth-order valence-corrected chi connectivity index (χ4v) is 2.57. The number of halogens is 2. The molecule has 0 spiro atoms. The van der Waals surface area contributed by atoms with E-state index in [4.69, 9.17) is 22.2 Å². The Balaban J connectivity index is 2.46. The van der Waals surface area contributed by atoms with Gasteiger partial charge in [-0.3, -0.25) is 0 Å². The first-order valence-electron chi connectivity index (χ1n) is 2.92. The van der Waals surface area contributed by atoms with Crippen LogP contribution < -0.4 is 0 Å². The summed E-state index contributed by atoms with van der Waals surface area (Å²) in [5.41, 5.74) is 0.457. The minimum absolute atomic E-state index is 0.457. The summed E-state index contributed by atoms with van der Waals surface area (Å²) in [5, 5.41) is 0. The van der Waals surface area contributed by atoms with Gasteiger partial charge in [0.05, 0.1) is 0 Å². The third-order valence-corrected chi connectivity index (χ3v) is 4.42. The molecule has 1 atom stereocenters. The second-order valence-corrected chi connectivity index (χ2v) is 7.06. The van der Waals surface area contributed by atoms with Crippen LogP contribution in [0.25, 0.3) is 0 Å². The van der Waals surface area contributed by atoms with Crippen LogP contribution in [0.2, 0.25) is 5.54 Å². The molecule has 9 heavy (non-hydrogen) atoms. The first kappa shape index (κ1) is 7.38. The number of allylic oxidation sites excluding steroid dienone is 4. The molecule has 0 aromatic heterocycles. The Morgan fingerprint density at radius 3 is 2.44 bits per heavy atom. The fourth-order valence-electron chi connectivity index (χ4n) is 0.787. The molecule has 0 nitrogen and oxygen atoms in total. The highest BCUT2D eigenvalue weighted by molar-refractivity contribution is 7.34. The summed E-state index contributed by atoms with van der Waals surface area (Å²) in [7, 11) is -1.45. The molecule has 0 amide bonds. The fraction of sp³-hybridized carbons (Fsp3) is 0.333. The number of rotatable bonds is 1. The van der Waals surface area contributed by atoms with E-state index in [-0.39, 0.29) is 0 Å². The van der Waals surface area contributed by atoms with Crippen LogP contribution in [-0.2, 0) is 0 Å². The van der Waals surface area contributed by atoms with Crippen molar-refractivity contribution < 1.29 is 0 Å². The summed E-state index contributed by atoms with van der Waals surface area (Å²) in [6, 6.07) is 0. The summed E-state index contributed by atoms with van der Waals surface area (Å²) >= 11 is 11.6. The molecule has 3 heteroatoms. The molecular weight excluding hydrogens is 171 g/mol. The quantitative estimate of drug-likeness (QED) is 0.428. The zero-order valence-corrected chi connectivity index (χ0v) is 7.59. The third-order valence-electron chi connectivity index (χ3n) is 1.34. The topological polar surface area (TPSA) is 0 Å². The molecule has 1 aliphatic rings. The van der Waals surface area contributed by atoms with E-state index in [2.05, 4.69) is 12.2 Å². The van der Waals surface area contributed by atoms with Gasteiger partial charge in [0.15, 0.2) is 0 Å². The van der Waals surface area contributed by atoms with Crippen LogP contribution in [-0.4, -0.2) is 7.42 Å². The number of hydrogen-bond donors (Lipinski definition) is 0. The molecule has 0 fully saturated rings. The summed E-state index contributed by atoms with van der Waals surface area (Å²) < 4.78 is 0. The lowest BCUT2D eigenvalue weighted by atomic mass is 10.2. The van der Waals surface area contributed by atoms with Crippen LogP contribution in [0, 0.1) is 0 Å². The van der Waals surface area contributed by atoms with E-state index >= 15 is 0 Å². The van der Waals surface area contributed by atoms with Gasteiger partial charge in [0.25, 0.3) is 0 Å². The van der Waals surface area contributed by atoms with Gasteiger partial charge in [0.1, 0.15) is 0 Å². The smallest absolute Gasteiger partial charge is 0.150 e. The Labute approximate surface area is 66.2 Å². The van der Waals surface area contributed by atoms with Crippen molar-refractivity contribution >= 4 is 29.6 Å². The zero-order chi connectivity index (χ0) is 6.69. The van der Waals surface area contributed by atoms with Crippen molar-refractivity contribution in [1.29, 1.82) is 0 Å². The monoisotopic (exact) mass is 178 g/mol. The lowest BCUT2D eigenvalue weighted by Gasteiger charge is -2.10. The lowest BCUT2D eigenvalue weighted by molar-refractivity contribution is 1.02. The molecule has 0 N–H and O–H groups in total. The van der Waals surface area contributed by atoms with Gasteiger partial charge in [0, 0.05) is 5.54 Å². The van der Waals surface area contributed by atoms with Crippen molar-refractivity contribution in [2.75, 3.05) is 0 Å². The predicted molar refractivity (Wildman–Crippen MR) is 45.5 cm³/mol. The van der Waals surface area contributed by atoms with Gasteiger partial charge in [-0.25, -0.2) is 0 Å². The molecule has 0 heterocycles. The SMILES string of the molecule is Cl[SiH](Cl)C1C=CC=CC1. The van der Waals surface area contributed by atoms with Crippen molar-refractivity contribution in [1.82, 2.24) is 0 Å². The molecule has 0 bridgehead atoms. The van der Waals surface area contributed by atoms with E-state index in [1.165, 1.54) is 0 Å². The Hall–Kier alpha value is 0.277. The molecule has 0 aromatic carbocycles. The molecule has 1 rings (SSSR count). The second-order valence-electron chi connectivity index (χ2n) is 2.05. The standard InChI is InChI=1S/C6H8Cl2Si/c7-9(8)6-4-2-1-3-5-6/h1-4,6,9H,5H2. The van der Waals surface area contributed by atoms with Gasteiger partial charge in [-0.1, -0.05) is 24.3 Å². The highest BCUT2D eigenvalue weighted by atomic mass is 35.7. The molecule has 0 saturated carbocycles. The molecule has 0 aliphatic heterocycles. The summed E-state index contributed by atoms with van der Waals surface area (Å²) in [6.07, 6.45) is 9.27. The van der Waals surface area contributed by atoms with E-state index in [0.717, 1.165) is 6.42 Å². The maximum atomic E-state index is 5.78. The van der Waals surface area contributed by atoms with Crippen LogP contribution >= 0.6 is 22.2 Å². The van der Waals surface area contributed by atoms with Crippen molar-refractivity contribution in [3.8, 4) is 0 Å². The van der Waals surface area contributed by atoms with Crippen molar-refractivity contribution in [2.24, 2.45) is 0 Å². The summed E-state index contributed by atoms with van der Waals surface area (Å²) in [6.45, 7) is 0. The van der Waals surface area contributed by atoms with Crippen molar-refractivity contribution in [3.05, 3.63) is 24.3 Å². The molecule has 0 radical (unpaired) electrons. The Morgan fingerprint density at radius 1 is 1.33 bits per heavy atom. The summed E-state index contributed by atoms with van der Waals surface area (Å²) in [4.78, 5) is 0. The van der Waals surface area contributed by atoms with Crippen molar-refractivity contribution in [3.63, 3.8) is 0 Å². The Morgan fingerprint density at radius 2 is 2.11 bits per heavy atom. The molecule has 50 valence electrons. The highest BCUT2D eigenvalue weighted by Crippen LogP contribution is 2.25. The lowest BCUT2D eigenvalue weighted by Crippen LogP contribution is -2.04. The molecule has 0 aromatic rings. The van der Waals surface area contributed by atoms with E-state index < -0.39 is 7.42 Å². The molecular formula is C6H8Cl2Si. The van der Waals surface area contributed by atoms with E-state index in [1.807, 2.05) is 12.2 Å². The maximum Gasteiger partial charge on any atom is 0.243 e. The van der Waals surface area contributed by atoms with Gasteiger partial charge in [-0.2, -0.15) is 0 Å². The minimum atomic E-state index is -1.45. The predicted octanol–water partition coefficient (Wildman–Crippen LogP) is 2.57. The first-order valence-corrected chi connectivity index (χ1v) is 7.08. The minimum Gasteiger partial charge on any atom is -0.150 e. The largest absolute Gasteiger partial charge is 0.243 e. The summed E-state index contributed by atoms with van der Waals surface area (Å²) in [5.74, 6) is 0. The van der Waals surface area contributed by atoms with Crippen LogP contribution in [0.5, 0.6) is 0 Å². The van der Waals surface area contributed by atoms with E-state index in [0.29, 0.717) is 5.54 Å². The van der Waals surface area contributed by atoms with Gasteiger partial charge in [-0.05, 0) is 6.42 Å². The van der Waals surface area contributed by atoms with Crippen LogP contribution in [0.3, 0.4) is 0 Å². The molecule has 0 saturated heterocycles. The Kier molecular flexibility index (Phi) is 2.83. The second kappa shape index (κ2) is 3.45. The third kappa shape index (κ3) is 2.16. The van der Waals surface area contributed by atoms with Gasteiger partial charge in [0.2, 0.25) is 7.42 Å². The first-order chi connectivity index (χ1) is 4.30. The average molecular weight is 179 g/mol.